The summed E-state index contributed by atoms with van der Waals surface area (Å²) < 4.78 is 11.6. The molecule has 1 aromatic heterocycles. The van der Waals surface area contributed by atoms with Crippen molar-refractivity contribution in [2.45, 2.75) is 31.8 Å². The molecule has 43 heavy (non-hydrogen) atoms. The number of carbonyl (C=O) groups is 1. The van der Waals surface area contributed by atoms with Crippen LogP contribution in [-0.4, -0.2) is 71.9 Å². The number of hydrogen-bond donors (Lipinski definition) is 3. The number of morpholine rings is 1. The molecule has 1 atom stereocenters. The first kappa shape index (κ1) is 29.1. The minimum atomic E-state index is -0.533. The zero-order valence-electron chi connectivity index (χ0n) is 24.5. The molecule has 2 aliphatic rings. The number of aryl methyl sites for hydroxylation is 1. The van der Waals surface area contributed by atoms with Gasteiger partial charge >= 0.3 is 0 Å². The number of aromatic amines is 1. The Morgan fingerprint density at radius 2 is 2.00 bits per heavy atom. The minimum Gasteiger partial charge on any atom is -0.492 e. The van der Waals surface area contributed by atoms with Crippen LogP contribution in [0, 0.1) is 0 Å². The van der Waals surface area contributed by atoms with E-state index in [4.69, 9.17) is 14.7 Å². The summed E-state index contributed by atoms with van der Waals surface area (Å²) in [5, 5.41) is 10.1. The second-order valence-electron chi connectivity index (χ2n) is 11.4. The lowest BCUT2D eigenvalue weighted by atomic mass is 10.0. The van der Waals surface area contributed by atoms with E-state index in [1.54, 1.807) is 11.6 Å². The van der Waals surface area contributed by atoms with Gasteiger partial charge in [0.15, 0.2) is 0 Å². The Kier molecular flexibility index (Phi) is 9.50. The molecular formula is C35H40N4O4. The molecule has 0 bridgehead atoms. The number of ether oxygens (including phenoxy) is 2. The molecule has 0 saturated carbocycles. The Bertz CT molecular complexity index is 1560. The molecular weight excluding hydrogens is 540 g/mol. The largest absolute Gasteiger partial charge is 0.492 e. The van der Waals surface area contributed by atoms with Crippen LogP contribution in [0.4, 0.5) is 0 Å². The van der Waals surface area contributed by atoms with Gasteiger partial charge in [0.1, 0.15) is 12.4 Å². The molecule has 8 nitrogen and oxygen atoms in total. The van der Waals surface area contributed by atoms with Gasteiger partial charge in [0.25, 0.3) is 5.91 Å². The van der Waals surface area contributed by atoms with Crippen LogP contribution >= 0.6 is 0 Å². The Hall–Kier alpha value is -3.95. The van der Waals surface area contributed by atoms with Crippen LogP contribution in [0.15, 0.2) is 79.0 Å². The molecule has 1 saturated heterocycles. The highest BCUT2D eigenvalue weighted by molar-refractivity contribution is 5.90. The van der Waals surface area contributed by atoms with Crippen molar-refractivity contribution in [1.29, 1.82) is 0 Å². The van der Waals surface area contributed by atoms with Crippen molar-refractivity contribution in [3.8, 4) is 5.75 Å². The first-order valence-electron chi connectivity index (χ1n) is 15.2. The molecule has 1 amide bonds. The molecule has 0 radical (unpaired) electrons. The van der Waals surface area contributed by atoms with E-state index in [9.17, 15) is 4.79 Å². The molecule has 6 rings (SSSR count). The number of rotatable bonds is 12. The number of benzene rings is 3. The van der Waals surface area contributed by atoms with Crippen LogP contribution < -0.4 is 10.2 Å². The third-order valence-electron chi connectivity index (χ3n) is 8.60. The lowest BCUT2D eigenvalue weighted by molar-refractivity contribution is -0.124. The van der Waals surface area contributed by atoms with Gasteiger partial charge in [-0.3, -0.25) is 19.8 Å². The van der Waals surface area contributed by atoms with E-state index in [0.29, 0.717) is 12.6 Å². The fourth-order valence-corrected chi connectivity index (χ4v) is 6.34. The average molecular weight is 581 g/mol. The fraction of sp³-hybridized carbons (Fsp3) is 0.343. The van der Waals surface area contributed by atoms with E-state index in [2.05, 4.69) is 87.7 Å². The predicted octanol–water partition coefficient (Wildman–Crippen LogP) is 5.13. The SMILES string of the molecule is O=C(C=Cc1ccc2c(c1)CCC2N(CCc1c[nH]c2ccccc12)Cc1cccc(OCCN2CCOCC2)c1)NO. The highest BCUT2D eigenvalue weighted by Crippen LogP contribution is 2.38. The third kappa shape index (κ3) is 7.35. The van der Waals surface area contributed by atoms with Gasteiger partial charge in [-0.2, -0.15) is 0 Å². The third-order valence-corrected chi connectivity index (χ3v) is 8.60. The number of nitrogens with one attached hydrogen (secondary N) is 2. The number of aromatic nitrogens is 1. The zero-order valence-corrected chi connectivity index (χ0v) is 24.5. The van der Waals surface area contributed by atoms with E-state index in [1.807, 2.05) is 0 Å². The maximum absolute atomic E-state index is 11.5. The van der Waals surface area contributed by atoms with Crippen LogP contribution in [-0.2, 0) is 28.9 Å². The lowest BCUT2D eigenvalue weighted by Crippen LogP contribution is -2.38. The maximum Gasteiger partial charge on any atom is 0.267 e. The van der Waals surface area contributed by atoms with Crippen molar-refractivity contribution in [1.82, 2.24) is 20.3 Å². The summed E-state index contributed by atoms with van der Waals surface area (Å²) in [6, 6.07) is 23.7. The molecule has 4 aromatic rings. The van der Waals surface area contributed by atoms with Crippen LogP contribution in [0.3, 0.4) is 0 Å². The van der Waals surface area contributed by atoms with Crippen LogP contribution in [0.5, 0.6) is 5.75 Å². The first-order valence-corrected chi connectivity index (χ1v) is 15.2. The number of para-hydroxylation sites is 1. The second kappa shape index (κ2) is 14.0. The van der Waals surface area contributed by atoms with Gasteiger partial charge in [-0.25, -0.2) is 5.48 Å². The number of hydrogen-bond acceptors (Lipinski definition) is 6. The normalized spacial score (nSPS) is 17.1. The number of amides is 1. The lowest BCUT2D eigenvalue weighted by Gasteiger charge is -2.30. The monoisotopic (exact) mass is 580 g/mol. The highest BCUT2D eigenvalue weighted by atomic mass is 16.5. The molecule has 2 heterocycles. The Balaban J connectivity index is 1.19. The number of H-pyrrole nitrogens is 1. The van der Waals surface area contributed by atoms with Crippen molar-refractivity contribution in [2.75, 3.05) is 46.0 Å². The van der Waals surface area contributed by atoms with Crippen LogP contribution in [0.2, 0.25) is 0 Å². The van der Waals surface area contributed by atoms with Gasteiger partial charge in [0, 0.05) is 61.9 Å². The van der Waals surface area contributed by atoms with Crippen LogP contribution in [0.1, 0.15) is 40.3 Å². The van der Waals surface area contributed by atoms with Gasteiger partial charge in [-0.05, 0) is 71.4 Å². The fourth-order valence-electron chi connectivity index (χ4n) is 6.34. The Morgan fingerprint density at radius 3 is 2.88 bits per heavy atom. The number of nitrogens with zero attached hydrogens (tertiary/aromatic N) is 2. The first-order chi connectivity index (χ1) is 21.2. The summed E-state index contributed by atoms with van der Waals surface area (Å²) in [6.45, 7) is 6.85. The summed E-state index contributed by atoms with van der Waals surface area (Å²) in [4.78, 5) is 19.9. The van der Waals surface area contributed by atoms with Crippen molar-refractivity contribution < 1.29 is 19.5 Å². The number of fused-ring (bicyclic) bond motifs is 2. The molecule has 1 fully saturated rings. The van der Waals surface area contributed by atoms with Gasteiger partial charge in [-0.15, -0.1) is 0 Å². The zero-order chi connectivity index (χ0) is 29.4. The topological polar surface area (TPSA) is 90.1 Å². The molecule has 8 heteroatoms. The summed E-state index contributed by atoms with van der Waals surface area (Å²) in [7, 11) is 0. The standard InChI is InChI=1S/C35H40N4O4/c40-35(37-41)13-9-26-8-11-32-28(22-26)10-12-34(32)39(15-14-29-24-36-33-7-2-1-6-31(29)33)25-27-4-3-5-30(23-27)43-21-18-38-16-19-42-20-17-38/h1-9,11,13,22-24,34,36,41H,10,12,14-21,25H2,(H,37,40). The van der Waals surface area contributed by atoms with Crippen molar-refractivity contribution in [3.63, 3.8) is 0 Å². The van der Waals surface area contributed by atoms with Gasteiger partial charge in [0.05, 0.1) is 13.2 Å². The van der Waals surface area contributed by atoms with E-state index in [1.165, 1.54) is 39.2 Å². The Morgan fingerprint density at radius 1 is 1.12 bits per heavy atom. The molecule has 224 valence electrons. The Labute approximate surface area is 252 Å². The quantitative estimate of drug-likeness (QED) is 0.122. The molecule has 3 N–H and O–H groups in total. The maximum atomic E-state index is 11.5. The van der Waals surface area contributed by atoms with Gasteiger partial charge < -0.3 is 14.5 Å². The molecule has 0 spiro atoms. The number of carbonyl (C=O) groups excluding carboxylic acids is 1. The van der Waals surface area contributed by atoms with Crippen molar-refractivity contribution in [3.05, 3.63) is 107 Å². The van der Waals surface area contributed by atoms with E-state index in [0.717, 1.165) is 76.5 Å². The second-order valence-corrected chi connectivity index (χ2v) is 11.4. The average Bonchev–Trinajstić information content (AvgIpc) is 3.66. The smallest absolute Gasteiger partial charge is 0.267 e. The molecule has 3 aromatic carbocycles. The van der Waals surface area contributed by atoms with Crippen LogP contribution in [0.25, 0.3) is 17.0 Å². The number of hydroxylamine groups is 1. The summed E-state index contributed by atoms with van der Waals surface area (Å²) >= 11 is 0. The van der Waals surface area contributed by atoms with E-state index >= 15 is 0 Å². The minimum absolute atomic E-state index is 0.296. The summed E-state index contributed by atoms with van der Waals surface area (Å²) in [5.74, 6) is 0.381. The predicted molar refractivity (Wildman–Crippen MR) is 168 cm³/mol. The summed E-state index contributed by atoms with van der Waals surface area (Å²) in [6.07, 6.45) is 8.21. The summed E-state index contributed by atoms with van der Waals surface area (Å²) in [5.41, 5.74) is 9.01. The molecule has 1 aliphatic heterocycles. The van der Waals surface area contributed by atoms with Gasteiger partial charge in [-0.1, -0.05) is 48.5 Å². The van der Waals surface area contributed by atoms with Crippen molar-refractivity contribution >= 4 is 22.9 Å². The van der Waals surface area contributed by atoms with E-state index in [-0.39, 0.29) is 0 Å². The highest BCUT2D eigenvalue weighted by Gasteiger charge is 2.28. The van der Waals surface area contributed by atoms with E-state index < -0.39 is 5.91 Å². The molecule has 1 unspecified atom stereocenters. The van der Waals surface area contributed by atoms with Gasteiger partial charge in [0.2, 0.25) is 0 Å². The van der Waals surface area contributed by atoms with Crippen molar-refractivity contribution in [2.24, 2.45) is 0 Å². The molecule has 1 aliphatic carbocycles.